The number of esters is 1. The van der Waals surface area contributed by atoms with Crippen molar-refractivity contribution in [2.45, 2.75) is 31.8 Å². The Morgan fingerprint density at radius 2 is 1.62 bits per heavy atom. The number of piperazine rings is 1. The summed E-state index contributed by atoms with van der Waals surface area (Å²) in [6, 6.07) is 11.8. The fraction of sp³-hybridized carbons (Fsp3) is 0.462. The number of rotatable bonds is 21. The van der Waals surface area contributed by atoms with Gasteiger partial charge in [-0.3, -0.25) is 24.5 Å². The quantitative estimate of drug-likeness (QED) is 0.0873. The highest BCUT2D eigenvalue weighted by Gasteiger charge is 2.24. The minimum absolute atomic E-state index is 0.0313. The Labute approximate surface area is 328 Å². The molecule has 3 amide bonds. The number of ether oxygens (including phenoxy) is 6. The molecule has 1 saturated heterocycles. The molecule has 0 unspecified atom stereocenters. The van der Waals surface area contributed by atoms with Crippen molar-refractivity contribution in [2.75, 3.05) is 91.5 Å². The maximum absolute atomic E-state index is 15.0. The first-order valence-corrected chi connectivity index (χ1v) is 19.4. The van der Waals surface area contributed by atoms with Crippen molar-refractivity contribution >= 4 is 45.1 Å². The average molecular weight is 795 g/mol. The largest absolute Gasteiger partial charge is 0.455 e. The molecule has 1 saturated carbocycles. The number of pyridine rings is 2. The lowest BCUT2D eigenvalue weighted by Gasteiger charge is -2.34. The van der Waals surface area contributed by atoms with Crippen LogP contribution in [0.5, 0.6) is 11.5 Å². The lowest BCUT2D eigenvalue weighted by molar-refractivity contribution is -0.153. The summed E-state index contributed by atoms with van der Waals surface area (Å²) in [6.45, 7) is 5.72. The first-order chi connectivity index (χ1) is 27.3. The van der Waals surface area contributed by atoms with E-state index in [1.807, 2.05) is 24.4 Å². The van der Waals surface area contributed by atoms with Crippen LogP contribution >= 0.6 is 11.3 Å². The summed E-state index contributed by atoms with van der Waals surface area (Å²) in [5, 5.41) is 5.46. The second kappa shape index (κ2) is 20.9. The third-order valence-electron chi connectivity index (χ3n) is 8.89. The molecule has 1 aliphatic heterocycles. The number of hydrogen-bond acceptors (Lipinski definition) is 13. The Morgan fingerprint density at radius 1 is 0.875 bits per heavy atom. The Balaban J connectivity index is 0.893. The number of thiophene rings is 1. The Hall–Kier alpha value is -4.78. The smallest absolute Gasteiger partial charge is 0.319 e. The molecule has 4 aromatic rings. The fourth-order valence-corrected chi connectivity index (χ4v) is 6.75. The van der Waals surface area contributed by atoms with Gasteiger partial charge < -0.3 is 44.0 Å². The van der Waals surface area contributed by atoms with E-state index in [1.165, 1.54) is 23.5 Å². The normalized spacial score (nSPS) is 14.5. The van der Waals surface area contributed by atoms with Crippen LogP contribution in [0.15, 0.2) is 54.9 Å². The highest BCUT2D eigenvalue weighted by Crippen LogP contribution is 2.39. The van der Waals surface area contributed by atoms with Gasteiger partial charge in [0.05, 0.1) is 73.5 Å². The lowest BCUT2D eigenvalue weighted by Crippen LogP contribution is -2.49. The summed E-state index contributed by atoms with van der Waals surface area (Å²) < 4.78 is 47.9. The number of anilines is 1. The zero-order valence-electron chi connectivity index (χ0n) is 31.3. The Kier molecular flexibility index (Phi) is 15.3. The van der Waals surface area contributed by atoms with Gasteiger partial charge in [0.25, 0.3) is 5.91 Å². The second-order valence-electron chi connectivity index (χ2n) is 13.2. The molecule has 6 rings (SSSR count). The first-order valence-electron chi connectivity index (χ1n) is 18.6. The SMILES string of the molecule is COCCOCCOCCOCCC(=O)OCC(=O)N1CCN(Cc2ccc(-c3cc4nccc(Oc5ccc(NC(=O)NC6CC6)cc5F)c4s3)nc2)CC1. The van der Waals surface area contributed by atoms with Crippen LogP contribution in [-0.4, -0.2) is 130 Å². The maximum Gasteiger partial charge on any atom is 0.319 e. The van der Waals surface area contributed by atoms with Gasteiger partial charge in [0.1, 0.15) is 5.75 Å². The summed E-state index contributed by atoms with van der Waals surface area (Å²) in [5.41, 5.74) is 2.84. The van der Waals surface area contributed by atoms with Crippen LogP contribution in [0.1, 0.15) is 24.8 Å². The molecule has 4 heterocycles. The van der Waals surface area contributed by atoms with Crippen LogP contribution in [0.3, 0.4) is 0 Å². The van der Waals surface area contributed by atoms with Crippen molar-refractivity contribution in [1.29, 1.82) is 0 Å². The van der Waals surface area contributed by atoms with E-state index in [-0.39, 0.29) is 43.4 Å². The van der Waals surface area contributed by atoms with E-state index in [0.29, 0.717) is 89.3 Å². The number of aromatic nitrogens is 2. The van der Waals surface area contributed by atoms with Crippen LogP contribution in [0.4, 0.5) is 14.9 Å². The topological polar surface area (TPSA) is 163 Å². The third kappa shape index (κ3) is 12.6. The molecule has 1 aromatic carbocycles. The number of methoxy groups -OCH3 is 1. The Morgan fingerprint density at radius 3 is 2.32 bits per heavy atom. The molecule has 1 aliphatic carbocycles. The number of carbonyl (C=O) groups is 3. The van der Waals surface area contributed by atoms with Gasteiger partial charge in [-0.2, -0.15) is 0 Å². The van der Waals surface area contributed by atoms with Crippen molar-refractivity contribution in [1.82, 2.24) is 25.1 Å². The lowest BCUT2D eigenvalue weighted by atomic mass is 10.2. The van der Waals surface area contributed by atoms with Crippen molar-refractivity contribution < 1.29 is 47.2 Å². The first kappa shape index (κ1) is 40.9. The van der Waals surface area contributed by atoms with E-state index < -0.39 is 11.8 Å². The molecule has 15 nitrogen and oxygen atoms in total. The predicted octanol–water partition coefficient (Wildman–Crippen LogP) is 4.85. The summed E-state index contributed by atoms with van der Waals surface area (Å²) in [7, 11) is 1.62. The monoisotopic (exact) mass is 794 g/mol. The molecular formula is C39H47FN6O9S. The molecule has 300 valence electrons. The van der Waals surface area contributed by atoms with Crippen LogP contribution in [0.25, 0.3) is 20.8 Å². The number of benzene rings is 1. The fourth-order valence-electron chi connectivity index (χ4n) is 5.70. The zero-order chi connectivity index (χ0) is 39.1. The number of nitrogens with one attached hydrogen (secondary N) is 2. The van der Waals surface area contributed by atoms with Crippen molar-refractivity contribution in [3.05, 3.63) is 66.2 Å². The van der Waals surface area contributed by atoms with E-state index in [0.717, 1.165) is 33.7 Å². The van der Waals surface area contributed by atoms with Gasteiger partial charge in [0.15, 0.2) is 18.2 Å². The second-order valence-corrected chi connectivity index (χ2v) is 14.3. The molecule has 17 heteroatoms. The van der Waals surface area contributed by atoms with Crippen molar-refractivity contribution in [2.24, 2.45) is 0 Å². The standard InChI is InChI=1S/C39H47FN6O9S/c1-50-16-17-52-20-21-53-19-18-51-15-9-37(48)54-26-36(47)46-13-11-45(12-14-46)25-27-2-6-31(42-24-27)35-23-32-38(56-35)34(8-10-41-32)55-33-7-5-29(22-30(33)40)44-39(49)43-28-3-4-28/h2,5-8,10,22-24,28H,3-4,9,11-21,25-26H2,1H3,(H2,43,44,49). The Bertz CT molecular complexity index is 1900. The maximum atomic E-state index is 15.0. The molecule has 0 atom stereocenters. The van der Waals surface area contributed by atoms with Gasteiger partial charge in [0, 0.05) is 76.1 Å². The highest BCUT2D eigenvalue weighted by atomic mass is 32.1. The number of fused-ring (bicyclic) bond motifs is 1. The molecule has 0 radical (unpaired) electrons. The van der Waals surface area contributed by atoms with Gasteiger partial charge in [0.2, 0.25) is 0 Å². The number of nitrogens with zero attached hydrogens (tertiary/aromatic N) is 4. The molecule has 56 heavy (non-hydrogen) atoms. The summed E-state index contributed by atoms with van der Waals surface area (Å²) >= 11 is 1.45. The van der Waals surface area contributed by atoms with E-state index in [2.05, 4.69) is 20.5 Å². The van der Waals surface area contributed by atoms with Gasteiger partial charge >= 0.3 is 12.0 Å². The van der Waals surface area contributed by atoms with Crippen molar-refractivity contribution in [3.8, 4) is 22.1 Å². The van der Waals surface area contributed by atoms with Crippen LogP contribution in [0.2, 0.25) is 0 Å². The number of halogens is 1. The molecule has 2 fully saturated rings. The van der Waals surface area contributed by atoms with Crippen LogP contribution in [0, 0.1) is 5.82 Å². The van der Waals surface area contributed by atoms with E-state index in [4.69, 9.17) is 33.4 Å². The molecule has 0 spiro atoms. The molecule has 3 aromatic heterocycles. The van der Waals surface area contributed by atoms with E-state index in [9.17, 15) is 18.8 Å². The number of hydrogen-bond donors (Lipinski definition) is 2. The molecule has 2 N–H and O–H groups in total. The van der Waals surface area contributed by atoms with Gasteiger partial charge in [-0.05, 0) is 42.7 Å². The third-order valence-corrected chi connectivity index (χ3v) is 10.1. The summed E-state index contributed by atoms with van der Waals surface area (Å²) in [4.78, 5) is 50.8. The average Bonchev–Trinajstić information content (AvgIpc) is 3.90. The van der Waals surface area contributed by atoms with Crippen LogP contribution in [-0.2, 0) is 39.8 Å². The van der Waals surface area contributed by atoms with Crippen LogP contribution < -0.4 is 15.4 Å². The zero-order valence-corrected chi connectivity index (χ0v) is 32.2. The molecule has 2 aliphatic rings. The number of carbonyl (C=O) groups excluding carboxylic acids is 3. The van der Waals surface area contributed by atoms with E-state index in [1.54, 1.807) is 30.3 Å². The summed E-state index contributed by atoms with van der Waals surface area (Å²) in [6.07, 6.45) is 5.43. The molecule has 0 bridgehead atoms. The number of amides is 3. The summed E-state index contributed by atoms with van der Waals surface area (Å²) in [5.74, 6) is -0.811. The minimum Gasteiger partial charge on any atom is -0.455 e. The van der Waals surface area contributed by atoms with Gasteiger partial charge in [-0.15, -0.1) is 11.3 Å². The van der Waals surface area contributed by atoms with E-state index >= 15 is 0 Å². The van der Waals surface area contributed by atoms with Gasteiger partial charge in [-0.1, -0.05) is 6.07 Å². The van der Waals surface area contributed by atoms with Crippen molar-refractivity contribution in [3.63, 3.8) is 0 Å². The van der Waals surface area contributed by atoms with Gasteiger partial charge in [-0.25, -0.2) is 9.18 Å². The number of urea groups is 1. The minimum atomic E-state index is -0.602. The molecular weight excluding hydrogens is 748 g/mol. The predicted molar refractivity (Wildman–Crippen MR) is 206 cm³/mol. The highest BCUT2D eigenvalue weighted by molar-refractivity contribution is 7.22.